The number of carbonyl (C=O) groups excluding carboxylic acids is 1. The topological polar surface area (TPSA) is 20.3 Å². The fraction of sp³-hybridized carbons (Fsp3) is 0.500. The Balaban J connectivity index is 2.71. The van der Waals surface area contributed by atoms with E-state index in [9.17, 15) is 4.79 Å². The summed E-state index contributed by atoms with van der Waals surface area (Å²) >= 11 is 3.39. The van der Waals surface area contributed by atoms with Crippen molar-refractivity contribution in [2.75, 3.05) is 18.9 Å². The molecule has 0 bridgehead atoms. The van der Waals surface area contributed by atoms with Crippen LogP contribution in [-0.4, -0.2) is 29.7 Å². The predicted octanol–water partition coefficient (Wildman–Crippen LogP) is 3.42. The van der Waals surface area contributed by atoms with Crippen molar-refractivity contribution >= 4 is 21.8 Å². The molecule has 2 nitrogen and oxygen atoms in total. The van der Waals surface area contributed by atoms with Crippen molar-refractivity contribution in [1.82, 2.24) is 4.90 Å². The van der Waals surface area contributed by atoms with E-state index in [-0.39, 0.29) is 11.8 Å². The lowest BCUT2D eigenvalue weighted by atomic mass is 9.95. The molecule has 0 fully saturated rings. The largest absolute Gasteiger partial charge is 0.345 e. The molecule has 0 aromatic heterocycles. The van der Waals surface area contributed by atoms with E-state index < -0.39 is 0 Å². The van der Waals surface area contributed by atoms with Gasteiger partial charge in [0.2, 0.25) is 5.91 Å². The van der Waals surface area contributed by atoms with Crippen molar-refractivity contribution < 1.29 is 4.79 Å². The third kappa shape index (κ3) is 4.15. The first-order chi connectivity index (χ1) is 8.20. The van der Waals surface area contributed by atoms with Crippen molar-refractivity contribution in [3.8, 4) is 0 Å². The molecule has 0 aliphatic heterocycles. The van der Waals surface area contributed by atoms with Crippen molar-refractivity contribution in [3.63, 3.8) is 0 Å². The molecule has 0 aliphatic carbocycles. The second-order valence-electron chi connectivity index (χ2n) is 4.17. The Labute approximate surface area is 112 Å². The number of benzene rings is 1. The number of halogens is 1. The molecule has 0 saturated carbocycles. The molecule has 1 rings (SSSR count). The number of nitrogens with zero attached hydrogens (tertiary/aromatic N) is 1. The van der Waals surface area contributed by atoms with Crippen LogP contribution in [0.25, 0.3) is 0 Å². The minimum absolute atomic E-state index is 0.00322. The minimum atomic E-state index is -0.00322. The summed E-state index contributed by atoms with van der Waals surface area (Å²) in [6.45, 7) is 2.88. The molecule has 0 spiro atoms. The highest BCUT2D eigenvalue weighted by molar-refractivity contribution is 9.09. The normalized spacial score (nSPS) is 12.2. The maximum absolute atomic E-state index is 12.3. The van der Waals surface area contributed by atoms with Gasteiger partial charge in [0.05, 0.1) is 5.92 Å². The third-order valence-electron chi connectivity index (χ3n) is 2.91. The van der Waals surface area contributed by atoms with E-state index in [2.05, 4.69) is 22.9 Å². The molecule has 0 aliphatic rings. The molecule has 1 aromatic carbocycles. The summed E-state index contributed by atoms with van der Waals surface area (Å²) < 4.78 is 0. The molecule has 0 radical (unpaired) electrons. The first-order valence-corrected chi connectivity index (χ1v) is 7.18. The van der Waals surface area contributed by atoms with Gasteiger partial charge in [0, 0.05) is 18.9 Å². The molecule has 0 N–H and O–H groups in total. The molecule has 17 heavy (non-hydrogen) atoms. The van der Waals surface area contributed by atoms with E-state index >= 15 is 0 Å². The van der Waals surface area contributed by atoms with Crippen LogP contribution in [0.3, 0.4) is 0 Å². The second kappa shape index (κ2) is 7.49. The Morgan fingerprint density at radius 2 is 2.00 bits per heavy atom. The summed E-state index contributed by atoms with van der Waals surface area (Å²) in [6, 6.07) is 10.0. The monoisotopic (exact) mass is 297 g/mol. The van der Waals surface area contributed by atoms with Gasteiger partial charge in [0.1, 0.15) is 0 Å². The number of amides is 1. The summed E-state index contributed by atoms with van der Waals surface area (Å²) in [7, 11) is 1.89. The van der Waals surface area contributed by atoms with Gasteiger partial charge in [-0.25, -0.2) is 0 Å². The summed E-state index contributed by atoms with van der Waals surface area (Å²) in [6.07, 6.45) is 1.84. The van der Waals surface area contributed by atoms with Crippen LogP contribution >= 0.6 is 15.9 Å². The Bertz CT molecular complexity index is 339. The molecule has 3 heteroatoms. The van der Waals surface area contributed by atoms with Crippen LogP contribution in [0.2, 0.25) is 0 Å². The lowest BCUT2D eigenvalue weighted by Crippen LogP contribution is -2.32. The van der Waals surface area contributed by atoms with Gasteiger partial charge >= 0.3 is 0 Å². The van der Waals surface area contributed by atoms with Crippen LogP contribution in [0.1, 0.15) is 31.2 Å². The van der Waals surface area contributed by atoms with Gasteiger partial charge in [0.25, 0.3) is 0 Å². The second-order valence-corrected chi connectivity index (χ2v) is 4.97. The molecule has 0 saturated heterocycles. The van der Waals surface area contributed by atoms with Gasteiger partial charge in [-0.2, -0.15) is 0 Å². The highest BCUT2D eigenvalue weighted by atomic mass is 79.9. The van der Waals surface area contributed by atoms with Gasteiger partial charge in [-0.1, -0.05) is 53.2 Å². The van der Waals surface area contributed by atoms with Crippen molar-refractivity contribution in [2.24, 2.45) is 0 Å². The number of rotatable bonds is 6. The molecular weight excluding hydrogens is 278 g/mol. The maximum Gasteiger partial charge on any atom is 0.229 e. The quantitative estimate of drug-likeness (QED) is 0.737. The fourth-order valence-corrected chi connectivity index (χ4v) is 2.16. The highest BCUT2D eigenvalue weighted by Crippen LogP contribution is 2.21. The van der Waals surface area contributed by atoms with E-state index in [4.69, 9.17) is 0 Å². The molecule has 1 aromatic rings. The predicted molar refractivity (Wildman–Crippen MR) is 75.5 cm³/mol. The Hall–Kier alpha value is -0.830. The van der Waals surface area contributed by atoms with Crippen LogP contribution < -0.4 is 0 Å². The van der Waals surface area contributed by atoms with Crippen LogP contribution in [0, 0.1) is 0 Å². The zero-order chi connectivity index (χ0) is 12.7. The number of hydrogen-bond acceptors (Lipinski definition) is 1. The lowest BCUT2D eigenvalue weighted by Gasteiger charge is -2.23. The molecule has 1 atom stereocenters. The lowest BCUT2D eigenvalue weighted by molar-refractivity contribution is -0.131. The summed E-state index contributed by atoms with van der Waals surface area (Å²) in [5, 5.41) is 0.937. The van der Waals surface area contributed by atoms with E-state index in [1.54, 1.807) is 0 Å². The average Bonchev–Trinajstić information content (AvgIpc) is 2.38. The Kier molecular flexibility index (Phi) is 6.27. The number of hydrogen-bond donors (Lipinski definition) is 0. The molecular formula is C14H20BrNO. The van der Waals surface area contributed by atoms with Gasteiger partial charge < -0.3 is 4.90 Å². The smallest absolute Gasteiger partial charge is 0.229 e. The van der Waals surface area contributed by atoms with Gasteiger partial charge in [-0.05, 0) is 18.4 Å². The third-order valence-corrected chi connectivity index (χ3v) is 3.47. The van der Waals surface area contributed by atoms with E-state index in [0.29, 0.717) is 0 Å². The minimum Gasteiger partial charge on any atom is -0.345 e. The summed E-state index contributed by atoms with van der Waals surface area (Å²) in [4.78, 5) is 14.1. The van der Waals surface area contributed by atoms with Gasteiger partial charge in [-0.15, -0.1) is 0 Å². The van der Waals surface area contributed by atoms with Crippen LogP contribution in [0.15, 0.2) is 30.3 Å². The first-order valence-electron chi connectivity index (χ1n) is 6.06. The van der Waals surface area contributed by atoms with Crippen molar-refractivity contribution in [1.29, 1.82) is 0 Å². The summed E-state index contributed by atoms with van der Waals surface area (Å²) in [5.74, 6) is 0.219. The number of likely N-dealkylation sites (N-methyl/N-ethyl adjacent to an activating group) is 1. The first kappa shape index (κ1) is 14.2. The molecule has 0 heterocycles. The van der Waals surface area contributed by atoms with Gasteiger partial charge in [0.15, 0.2) is 0 Å². The van der Waals surface area contributed by atoms with Crippen molar-refractivity contribution in [2.45, 2.75) is 25.7 Å². The van der Waals surface area contributed by atoms with E-state index in [0.717, 1.165) is 30.3 Å². The summed E-state index contributed by atoms with van der Waals surface area (Å²) in [5.41, 5.74) is 1.12. The van der Waals surface area contributed by atoms with E-state index in [1.807, 2.05) is 42.3 Å². The molecule has 1 amide bonds. The van der Waals surface area contributed by atoms with Crippen LogP contribution in [0.4, 0.5) is 0 Å². The molecule has 1 unspecified atom stereocenters. The molecule has 94 valence electrons. The standard InChI is InChI=1S/C14H20BrNO/c1-3-13(12-8-5-4-6-9-12)14(17)16(2)11-7-10-15/h4-6,8-9,13H,3,7,10-11H2,1-2H3. The van der Waals surface area contributed by atoms with Gasteiger partial charge in [-0.3, -0.25) is 4.79 Å². The Morgan fingerprint density at radius 3 is 2.53 bits per heavy atom. The number of alkyl halides is 1. The zero-order valence-corrected chi connectivity index (χ0v) is 12.1. The van der Waals surface area contributed by atoms with E-state index in [1.165, 1.54) is 0 Å². The Morgan fingerprint density at radius 1 is 1.35 bits per heavy atom. The average molecular weight is 298 g/mol. The SMILES string of the molecule is CCC(C(=O)N(C)CCCBr)c1ccccc1. The van der Waals surface area contributed by atoms with Crippen molar-refractivity contribution in [3.05, 3.63) is 35.9 Å². The number of carbonyl (C=O) groups is 1. The van der Waals surface area contributed by atoms with Crippen LogP contribution in [-0.2, 0) is 4.79 Å². The van der Waals surface area contributed by atoms with Crippen LogP contribution in [0.5, 0.6) is 0 Å². The highest BCUT2D eigenvalue weighted by Gasteiger charge is 2.21. The fourth-order valence-electron chi connectivity index (χ4n) is 1.91. The zero-order valence-electron chi connectivity index (χ0n) is 10.5. The maximum atomic E-state index is 12.3.